The molecule has 0 bridgehead atoms. The van der Waals surface area contributed by atoms with Crippen LogP contribution in [0.1, 0.15) is 74.1 Å². The van der Waals surface area contributed by atoms with Crippen molar-refractivity contribution in [1.82, 2.24) is 20.9 Å². The topological polar surface area (TPSA) is 151 Å². The van der Waals surface area contributed by atoms with Gasteiger partial charge in [0, 0.05) is 24.4 Å². The van der Waals surface area contributed by atoms with E-state index in [4.69, 9.17) is 28.9 Å². The highest BCUT2D eigenvalue weighted by Crippen LogP contribution is 2.65. The van der Waals surface area contributed by atoms with E-state index < -0.39 is 63.3 Å². The lowest BCUT2D eigenvalue weighted by Crippen LogP contribution is -2.62. The van der Waals surface area contributed by atoms with E-state index in [1.807, 2.05) is 48.5 Å². The normalized spacial score (nSPS) is 26.4. The Kier molecular flexibility index (Phi) is 8.93. The number of rotatable bonds is 9. The minimum absolute atomic E-state index is 0.125. The number of carbonyl (C=O) groups is 5. The van der Waals surface area contributed by atoms with Gasteiger partial charge < -0.3 is 26.6 Å². The highest BCUT2D eigenvalue weighted by atomic mass is 35.5. The molecule has 1 aliphatic heterocycles. The minimum atomic E-state index is -1.19. The molecule has 1 saturated heterocycles. The van der Waals surface area contributed by atoms with Crippen LogP contribution < -0.4 is 21.7 Å². The predicted octanol–water partition coefficient (Wildman–Crippen LogP) is 2.50. The number of hydrogen-bond acceptors (Lipinski definition) is 5. The number of nitrogens with zero attached hydrogens (tertiary/aromatic N) is 1. The van der Waals surface area contributed by atoms with Crippen molar-refractivity contribution in [1.29, 1.82) is 0 Å². The minimum Gasteiger partial charge on any atom is -0.363 e. The summed E-state index contributed by atoms with van der Waals surface area (Å²) in [5, 5.41) is 8.37. The molecule has 2 saturated carbocycles. The van der Waals surface area contributed by atoms with E-state index in [1.165, 1.54) is 4.90 Å². The van der Waals surface area contributed by atoms with Gasteiger partial charge in [0.2, 0.25) is 17.6 Å². The average Bonchev–Trinajstić information content (AvgIpc) is 3.10. The Bertz CT molecular complexity index is 1020. The number of nitrogens with two attached hydrogens (primary N) is 1. The molecule has 39 heavy (non-hydrogen) atoms. The SMILES string of the molecule is CC(NC(=O)N[C@H](C(=O)N1C[C@H]2[C@@H]([C@H]1C(=O)N[C@@H](CC1CCC1)C(=O)C(N)=O)C2(Cl)Cl)C(C)(C)C)C(C)(C)C. The zero-order valence-corrected chi connectivity index (χ0v) is 25.4. The lowest BCUT2D eigenvalue weighted by Gasteiger charge is -2.38. The number of ketones is 1. The third-order valence-electron chi connectivity index (χ3n) is 8.59. The number of hydrogen-bond donors (Lipinski definition) is 4. The molecule has 5 amide bonds. The maximum absolute atomic E-state index is 13.9. The van der Waals surface area contributed by atoms with Gasteiger partial charge in [0.05, 0.1) is 6.04 Å². The molecular formula is C27H43Cl2N5O5. The van der Waals surface area contributed by atoms with Crippen LogP contribution in [0.15, 0.2) is 0 Å². The first-order chi connectivity index (χ1) is 17.8. The fourth-order valence-corrected chi connectivity index (χ4v) is 6.08. The molecule has 3 aliphatic rings. The zero-order chi connectivity index (χ0) is 29.7. The second kappa shape index (κ2) is 11.1. The summed E-state index contributed by atoms with van der Waals surface area (Å²) < 4.78 is -1.19. The summed E-state index contributed by atoms with van der Waals surface area (Å²) in [5.74, 6) is -3.75. The van der Waals surface area contributed by atoms with Gasteiger partial charge in [0.1, 0.15) is 16.4 Å². The van der Waals surface area contributed by atoms with Crippen LogP contribution in [0.4, 0.5) is 4.79 Å². The van der Waals surface area contributed by atoms with Crippen LogP contribution in [0, 0.1) is 28.6 Å². The Morgan fingerprint density at radius 2 is 1.56 bits per heavy atom. The molecule has 6 atom stereocenters. The molecule has 220 valence electrons. The van der Waals surface area contributed by atoms with E-state index in [1.54, 1.807) is 0 Å². The summed E-state index contributed by atoms with van der Waals surface area (Å²) >= 11 is 12.9. The van der Waals surface area contributed by atoms with Crippen molar-refractivity contribution < 1.29 is 24.0 Å². The van der Waals surface area contributed by atoms with E-state index in [0.717, 1.165) is 19.3 Å². The molecule has 0 aromatic heterocycles. The van der Waals surface area contributed by atoms with Crippen molar-refractivity contribution in [3.8, 4) is 0 Å². The molecule has 1 heterocycles. The van der Waals surface area contributed by atoms with Crippen molar-refractivity contribution in [2.24, 2.45) is 34.3 Å². The highest BCUT2D eigenvalue weighted by Gasteiger charge is 2.74. The largest absolute Gasteiger partial charge is 0.363 e. The molecule has 0 spiro atoms. The maximum Gasteiger partial charge on any atom is 0.315 e. The van der Waals surface area contributed by atoms with E-state index in [2.05, 4.69) is 16.0 Å². The monoisotopic (exact) mass is 587 g/mol. The van der Waals surface area contributed by atoms with Crippen molar-refractivity contribution in [3.05, 3.63) is 0 Å². The fourth-order valence-electron chi connectivity index (χ4n) is 5.26. The predicted molar refractivity (Wildman–Crippen MR) is 149 cm³/mol. The molecule has 12 heteroatoms. The van der Waals surface area contributed by atoms with E-state index >= 15 is 0 Å². The number of piperidine rings is 1. The number of urea groups is 1. The fraction of sp³-hybridized carbons (Fsp3) is 0.815. The molecule has 0 aromatic carbocycles. The first kappa shape index (κ1) is 31.5. The molecule has 0 aromatic rings. The number of amides is 5. The van der Waals surface area contributed by atoms with Crippen LogP contribution in [-0.2, 0) is 19.2 Å². The van der Waals surface area contributed by atoms with Crippen LogP contribution in [0.25, 0.3) is 0 Å². The molecule has 5 N–H and O–H groups in total. The van der Waals surface area contributed by atoms with E-state index in [9.17, 15) is 24.0 Å². The van der Waals surface area contributed by atoms with Gasteiger partial charge in [-0.1, -0.05) is 60.8 Å². The second-order valence-corrected chi connectivity index (χ2v) is 15.0. The average molecular weight is 589 g/mol. The van der Waals surface area contributed by atoms with Gasteiger partial charge in [-0.15, -0.1) is 23.2 Å². The van der Waals surface area contributed by atoms with Crippen molar-refractivity contribution in [2.75, 3.05) is 6.54 Å². The number of nitrogens with one attached hydrogen (secondary N) is 3. The second-order valence-electron chi connectivity index (χ2n) is 13.6. The number of carbonyl (C=O) groups excluding carboxylic acids is 5. The van der Waals surface area contributed by atoms with Crippen LogP contribution in [0.3, 0.4) is 0 Å². The van der Waals surface area contributed by atoms with Gasteiger partial charge >= 0.3 is 6.03 Å². The van der Waals surface area contributed by atoms with Crippen LogP contribution >= 0.6 is 23.2 Å². The van der Waals surface area contributed by atoms with Crippen molar-refractivity contribution in [3.63, 3.8) is 0 Å². The van der Waals surface area contributed by atoms with Crippen molar-refractivity contribution >= 4 is 52.7 Å². The lowest BCUT2D eigenvalue weighted by molar-refractivity contribution is -0.144. The van der Waals surface area contributed by atoms with Gasteiger partial charge in [0.15, 0.2) is 0 Å². The Labute approximate surface area is 240 Å². The number of halogens is 2. The van der Waals surface area contributed by atoms with Gasteiger partial charge in [0.25, 0.3) is 5.91 Å². The van der Waals surface area contributed by atoms with E-state index in [0.29, 0.717) is 6.42 Å². The summed E-state index contributed by atoms with van der Waals surface area (Å²) in [5.41, 5.74) is 4.37. The summed E-state index contributed by atoms with van der Waals surface area (Å²) in [6, 6.07) is -3.78. The number of primary amides is 1. The summed E-state index contributed by atoms with van der Waals surface area (Å²) in [7, 11) is 0. The number of fused-ring (bicyclic) bond motifs is 1. The summed E-state index contributed by atoms with van der Waals surface area (Å²) in [4.78, 5) is 66.1. The Morgan fingerprint density at radius 1 is 0.974 bits per heavy atom. The molecule has 1 unspecified atom stereocenters. The van der Waals surface area contributed by atoms with Crippen molar-refractivity contribution in [2.45, 2.75) is 103 Å². The molecule has 0 radical (unpaired) electrons. The number of likely N-dealkylation sites (tertiary alicyclic amines) is 1. The first-order valence-electron chi connectivity index (χ1n) is 13.7. The van der Waals surface area contributed by atoms with Gasteiger partial charge in [-0.3, -0.25) is 19.2 Å². The molecule has 10 nitrogen and oxygen atoms in total. The number of Topliss-reactive ketones (excluding diaryl/α,β-unsaturated/α-hetero) is 1. The quantitative estimate of drug-likeness (QED) is 0.241. The number of alkyl halides is 2. The van der Waals surface area contributed by atoms with Crippen LogP contribution in [0.2, 0.25) is 0 Å². The molecule has 3 fully saturated rings. The third-order valence-corrected chi connectivity index (χ3v) is 9.65. The highest BCUT2D eigenvalue weighted by molar-refractivity contribution is 6.51. The molecule has 2 aliphatic carbocycles. The van der Waals surface area contributed by atoms with E-state index in [-0.39, 0.29) is 29.8 Å². The van der Waals surface area contributed by atoms with Gasteiger partial charge in [-0.25, -0.2) is 4.79 Å². The van der Waals surface area contributed by atoms with Gasteiger partial charge in [-0.2, -0.15) is 0 Å². The lowest BCUT2D eigenvalue weighted by atomic mass is 9.80. The zero-order valence-electron chi connectivity index (χ0n) is 23.9. The molecular weight excluding hydrogens is 545 g/mol. The Morgan fingerprint density at radius 3 is 2.03 bits per heavy atom. The standard InChI is InChI=1S/C27H43Cl2N5O5/c1-13(25(2,3)4)31-24(39)33-20(26(5,6)7)23(38)34-12-15-17(27(15,28)29)18(34)22(37)32-16(19(35)21(30)36)11-14-9-8-10-14/h13-18,20H,8-12H2,1-7H3,(H2,30,36)(H,32,37)(H2,31,33,39)/t13?,15-,16-,17-,18-,20+/m0/s1. The maximum atomic E-state index is 13.9. The Balaban J connectivity index is 1.82. The first-order valence-corrected chi connectivity index (χ1v) is 14.4. The van der Waals surface area contributed by atoms with Crippen LogP contribution in [-0.4, -0.2) is 69.5 Å². The summed E-state index contributed by atoms with van der Waals surface area (Å²) in [6.07, 6.45) is 3.12. The molecule has 3 rings (SSSR count). The third kappa shape index (κ3) is 6.81. The Hall–Kier alpha value is -2.07. The smallest absolute Gasteiger partial charge is 0.315 e. The van der Waals surface area contributed by atoms with Crippen LogP contribution in [0.5, 0.6) is 0 Å². The van der Waals surface area contributed by atoms with Gasteiger partial charge in [-0.05, 0) is 30.1 Å². The summed E-state index contributed by atoms with van der Waals surface area (Å²) in [6.45, 7) is 13.5.